The van der Waals surface area contributed by atoms with Gasteiger partial charge in [-0.1, -0.05) is 19.9 Å². The number of hydrogen-bond donors (Lipinski definition) is 1. The highest BCUT2D eigenvalue weighted by atomic mass is 35.5. The van der Waals surface area contributed by atoms with E-state index in [0.717, 1.165) is 12.0 Å². The Kier molecular flexibility index (Phi) is 7.37. The van der Waals surface area contributed by atoms with Crippen molar-refractivity contribution in [2.45, 2.75) is 32.7 Å². The second-order valence-corrected chi connectivity index (χ2v) is 5.64. The number of methoxy groups -OCH3 is 2. The Hall–Kier alpha value is -1.42. The van der Waals surface area contributed by atoms with Crippen LogP contribution < -0.4 is 14.8 Å². The van der Waals surface area contributed by atoms with Crippen molar-refractivity contribution in [3.63, 3.8) is 0 Å². The molecule has 1 amide bonds. The number of nitrogens with one attached hydrogen (secondary N) is 1. The molecule has 0 spiro atoms. The quantitative estimate of drug-likeness (QED) is 0.750. The van der Waals surface area contributed by atoms with Crippen LogP contribution in [0.25, 0.3) is 0 Å². The summed E-state index contributed by atoms with van der Waals surface area (Å²) in [6.07, 6.45) is 1.09. The van der Waals surface area contributed by atoms with Crippen LogP contribution in [0.3, 0.4) is 0 Å². The van der Waals surface area contributed by atoms with E-state index in [2.05, 4.69) is 19.2 Å². The molecule has 0 aliphatic carbocycles. The molecule has 1 aromatic rings. The van der Waals surface area contributed by atoms with E-state index in [-0.39, 0.29) is 11.9 Å². The number of amides is 1. The summed E-state index contributed by atoms with van der Waals surface area (Å²) >= 11 is 5.78. The lowest BCUT2D eigenvalue weighted by Gasteiger charge is -2.21. The van der Waals surface area contributed by atoms with E-state index in [1.54, 1.807) is 20.3 Å². The van der Waals surface area contributed by atoms with E-state index in [4.69, 9.17) is 21.1 Å². The predicted octanol–water partition coefficient (Wildman–Crippen LogP) is 3.02. The minimum Gasteiger partial charge on any atom is -0.493 e. The number of benzene rings is 1. The lowest BCUT2D eigenvalue weighted by atomic mass is 10.0. The maximum absolute atomic E-state index is 12.1. The summed E-state index contributed by atoms with van der Waals surface area (Å²) in [5.74, 6) is 2.18. The number of ether oxygens (including phenoxy) is 2. The normalized spacial score (nSPS) is 12.1. The van der Waals surface area contributed by atoms with Gasteiger partial charge in [-0.2, -0.15) is 0 Å². The van der Waals surface area contributed by atoms with Gasteiger partial charge in [0.1, 0.15) is 0 Å². The molecule has 0 heterocycles. The summed E-state index contributed by atoms with van der Waals surface area (Å²) in [7, 11) is 3.17. The maximum Gasteiger partial charge on any atom is 0.224 e. The fraction of sp³-hybridized carbons (Fsp3) is 0.562. The van der Waals surface area contributed by atoms with Gasteiger partial charge < -0.3 is 14.8 Å². The molecule has 0 saturated heterocycles. The van der Waals surface area contributed by atoms with Crippen LogP contribution in [0.4, 0.5) is 0 Å². The first-order valence-electron chi connectivity index (χ1n) is 7.08. The zero-order chi connectivity index (χ0) is 15.8. The molecule has 0 aliphatic rings. The lowest BCUT2D eigenvalue weighted by molar-refractivity contribution is -0.121. The van der Waals surface area contributed by atoms with E-state index in [0.29, 0.717) is 29.7 Å². The van der Waals surface area contributed by atoms with Crippen LogP contribution >= 0.6 is 11.6 Å². The smallest absolute Gasteiger partial charge is 0.224 e. The highest BCUT2D eigenvalue weighted by molar-refractivity contribution is 6.17. The summed E-state index contributed by atoms with van der Waals surface area (Å²) in [5, 5.41) is 3.04. The van der Waals surface area contributed by atoms with Crippen molar-refractivity contribution in [3.05, 3.63) is 23.8 Å². The molecular formula is C16H24ClNO3. The van der Waals surface area contributed by atoms with Crippen LogP contribution in [0, 0.1) is 5.92 Å². The average Bonchev–Trinajstić information content (AvgIpc) is 2.46. The molecule has 0 radical (unpaired) electrons. The van der Waals surface area contributed by atoms with Crippen LogP contribution in [0.5, 0.6) is 11.5 Å². The Bertz CT molecular complexity index is 463. The van der Waals surface area contributed by atoms with Gasteiger partial charge in [0.2, 0.25) is 5.91 Å². The average molecular weight is 314 g/mol. The topological polar surface area (TPSA) is 47.6 Å². The minimum atomic E-state index is -0.00830. The van der Waals surface area contributed by atoms with E-state index >= 15 is 0 Å². The molecule has 5 heteroatoms. The van der Waals surface area contributed by atoms with Crippen molar-refractivity contribution < 1.29 is 14.3 Å². The Balaban J connectivity index is 2.70. The fourth-order valence-electron chi connectivity index (χ4n) is 2.12. The number of rotatable bonds is 8. The number of alkyl halides is 1. The van der Waals surface area contributed by atoms with E-state index in [1.165, 1.54) is 0 Å². The van der Waals surface area contributed by atoms with Crippen LogP contribution in [0.15, 0.2) is 18.2 Å². The highest BCUT2D eigenvalue weighted by Gasteiger charge is 2.16. The third-order valence-electron chi connectivity index (χ3n) is 3.38. The summed E-state index contributed by atoms with van der Waals surface area (Å²) in [6.45, 7) is 4.15. The van der Waals surface area contributed by atoms with Crippen LogP contribution in [0.2, 0.25) is 0 Å². The van der Waals surface area contributed by atoms with Gasteiger partial charge in [-0.05, 0) is 30.0 Å². The first-order chi connectivity index (χ1) is 10.0. The summed E-state index contributed by atoms with van der Waals surface area (Å²) in [6, 6.07) is 5.60. The van der Waals surface area contributed by atoms with Gasteiger partial charge in [-0.25, -0.2) is 0 Å². The van der Waals surface area contributed by atoms with Gasteiger partial charge in [0.15, 0.2) is 11.5 Å². The number of carbonyl (C=O) groups is 1. The van der Waals surface area contributed by atoms with Crippen LogP contribution in [-0.4, -0.2) is 32.0 Å². The molecule has 1 N–H and O–H groups in total. The zero-order valence-electron chi connectivity index (χ0n) is 13.1. The largest absolute Gasteiger partial charge is 0.493 e. The molecule has 0 aliphatic heterocycles. The van der Waals surface area contributed by atoms with Crippen molar-refractivity contribution in [3.8, 4) is 11.5 Å². The molecule has 118 valence electrons. The molecule has 1 aromatic carbocycles. The van der Waals surface area contributed by atoms with Crippen LogP contribution in [-0.2, 0) is 11.2 Å². The van der Waals surface area contributed by atoms with Gasteiger partial charge in [-0.15, -0.1) is 11.6 Å². The van der Waals surface area contributed by atoms with Gasteiger partial charge in [-0.3, -0.25) is 4.79 Å². The Morgan fingerprint density at radius 2 is 1.90 bits per heavy atom. The van der Waals surface area contributed by atoms with E-state index < -0.39 is 0 Å². The van der Waals surface area contributed by atoms with Crippen molar-refractivity contribution in [1.82, 2.24) is 5.32 Å². The third kappa shape index (κ3) is 5.46. The number of carbonyl (C=O) groups excluding carboxylic acids is 1. The van der Waals surface area contributed by atoms with Gasteiger partial charge >= 0.3 is 0 Å². The standard InChI is InChI=1S/C16H24ClNO3/c1-11(2)13(7-8-17)18-16(19)10-12-5-6-14(20-3)15(9-12)21-4/h5-6,9,11,13H,7-8,10H2,1-4H3,(H,18,19). The summed E-state index contributed by atoms with van der Waals surface area (Å²) < 4.78 is 10.4. The molecule has 21 heavy (non-hydrogen) atoms. The lowest BCUT2D eigenvalue weighted by Crippen LogP contribution is -2.39. The van der Waals surface area contributed by atoms with Gasteiger partial charge in [0.25, 0.3) is 0 Å². The zero-order valence-corrected chi connectivity index (χ0v) is 13.9. The van der Waals surface area contributed by atoms with Gasteiger partial charge in [0, 0.05) is 11.9 Å². The molecule has 0 bridgehead atoms. The van der Waals surface area contributed by atoms with Crippen molar-refractivity contribution in [2.24, 2.45) is 5.92 Å². The first-order valence-corrected chi connectivity index (χ1v) is 7.61. The molecule has 1 rings (SSSR count). The first kappa shape index (κ1) is 17.6. The van der Waals surface area contributed by atoms with E-state index in [1.807, 2.05) is 12.1 Å². The molecule has 0 fully saturated rings. The summed E-state index contributed by atoms with van der Waals surface area (Å²) in [4.78, 5) is 12.1. The monoisotopic (exact) mass is 313 g/mol. The Labute approximate surface area is 131 Å². The van der Waals surface area contributed by atoms with Crippen molar-refractivity contribution in [2.75, 3.05) is 20.1 Å². The second-order valence-electron chi connectivity index (χ2n) is 5.26. The minimum absolute atomic E-state index is 0.00830. The molecular weight excluding hydrogens is 290 g/mol. The Morgan fingerprint density at radius 1 is 1.24 bits per heavy atom. The highest BCUT2D eigenvalue weighted by Crippen LogP contribution is 2.27. The van der Waals surface area contributed by atoms with E-state index in [9.17, 15) is 4.79 Å². The van der Waals surface area contributed by atoms with Gasteiger partial charge in [0.05, 0.1) is 20.6 Å². The molecule has 0 aromatic heterocycles. The van der Waals surface area contributed by atoms with Crippen molar-refractivity contribution in [1.29, 1.82) is 0 Å². The van der Waals surface area contributed by atoms with Crippen molar-refractivity contribution >= 4 is 17.5 Å². The summed E-state index contributed by atoms with van der Waals surface area (Å²) in [5.41, 5.74) is 0.888. The Morgan fingerprint density at radius 3 is 2.43 bits per heavy atom. The fourth-order valence-corrected chi connectivity index (χ4v) is 2.36. The SMILES string of the molecule is COc1ccc(CC(=O)NC(CCCl)C(C)C)cc1OC. The number of hydrogen-bond acceptors (Lipinski definition) is 3. The number of halogens is 1. The molecule has 1 unspecified atom stereocenters. The third-order valence-corrected chi connectivity index (χ3v) is 3.60. The van der Waals surface area contributed by atoms with Crippen LogP contribution in [0.1, 0.15) is 25.8 Å². The maximum atomic E-state index is 12.1. The molecule has 4 nitrogen and oxygen atoms in total. The predicted molar refractivity (Wildman–Crippen MR) is 85.4 cm³/mol. The second kappa shape index (κ2) is 8.78. The molecule has 1 atom stereocenters. The molecule has 0 saturated carbocycles.